The second-order valence-electron chi connectivity index (χ2n) is 6.50. The first-order chi connectivity index (χ1) is 13.3. The van der Waals surface area contributed by atoms with Gasteiger partial charge in [-0.05, 0) is 36.1 Å². The molecule has 5 nitrogen and oxygen atoms in total. The molecule has 2 aromatic rings. The van der Waals surface area contributed by atoms with Crippen LogP contribution in [-0.2, 0) is 29.0 Å². The molecule has 0 atom stereocenters. The lowest BCUT2D eigenvalue weighted by Gasteiger charge is -2.22. The molecule has 0 unspecified atom stereocenters. The van der Waals surface area contributed by atoms with Crippen molar-refractivity contribution in [2.45, 2.75) is 26.5 Å². The van der Waals surface area contributed by atoms with Crippen molar-refractivity contribution in [1.29, 1.82) is 0 Å². The topological polar surface area (TPSA) is 46.1 Å². The smallest absolute Gasteiger partial charge is 0.198 e. The highest BCUT2D eigenvalue weighted by atomic mass is 127. The number of halogens is 1. The molecule has 1 aliphatic heterocycles. The van der Waals surface area contributed by atoms with Gasteiger partial charge in [0, 0.05) is 32.4 Å². The zero-order chi connectivity index (χ0) is 18.9. The Morgan fingerprint density at radius 3 is 2.68 bits per heavy atom. The third-order valence-corrected chi connectivity index (χ3v) is 4.64. The van der Waals surface area contributed by atoms with Gasteiger partial charge in [-0.15, -0.1) is 24.0 Å². The van der Waals surface area contributed by atoms with Crippen LogP contribution in [0.25, 0.3) is 0 Å². The Hall–Kier alpha value is -1.64. The van der Waals surface area contributed by atoms with E-state index < -0.39 is 0 Å². The Bertz CT molecular complexity index is 767. The predicted octanol–water partition coefficient (Wildman–Crippen LogP) is 4.00. The Balaban J connectivity index is 0.00000280. The average molecular weight is 495 g/mol. The van der Waals surface area contributed by atoms with Crippen LogP contribution in [-0.4, -0.2) is 39.4 Å². The maximum Gasteiger partial charge on any atom is 0.198 e. The van der Waals surface area contributed by atoms with E-state index in [0.717, 1.165) is 32.1 Å². The van der Waals surface area contributed by atoms with Crippen LogP contribution in [0.5, 0.6) is 0 Å². The van der Waals surface area contributed by atoms with Crippen LogP contribution in [0.1, 0.15) is 23.6 Å². The Kier molecular flexibility index (Phi) is 9.73. The number of guanidine groups is 1. The summed E-state index contributed by atoms with van der Waals surface area (Å²) in [6.45, 7) is 6.29. The molecular weight excluding hydrogens is 465 g/mol. The highest BCUT2D eigenvalue weighted by molar-refractivity contribution is 14.0. The van der Waals surface area contributed by atoms with E-state index in [1.165, 1.54) is 22.4 Å². The molecule has 0 bridgehead atoms. The molecule has 1 N–H and O–H groups in total. The number of anilines is 1. The summed E-state index contributed by atoms with van der Waals surface area (Å²) in [5.74, 6) is 0.915. The van der Waals surface area contributed by atoms with Gasteiger partial charge in [0.2, 0.25) is 0 Å². The molecule has 6 heteroatoms. The second-order valence-corrected chi connectivity index (χ2v) is 6.50. The third kappa shape index (κ3) is 6.18. The summed E-state index contributed by atoms with van der Waals surface area (Å²) in [5.41, 5.74) is 5.02. The van der Waals surface area contributed by atoms with E-state index in [2.05, 4.69) is 63.7 Å². The van der Waals surface area contributed by atoms with Crippen molar-refractivity contribution in [3.05, 3.63) is 65.2 Å². The van der Waals surface area contributed by atoms with E-state index in [9.17, 15) is 0 Å². The SMILES string of the molecule is CCOCCOCc1cccc(CNC(=NC)N2CCc3ccccc32)c1.I. The summed E-state index contributed by atoms with van der Waals surface area (Å²) in [4.78, 5) is 6.74. The van der Waals surface area contributed by atoms with E-state index in [-0.39, 0.29) is 24.0 Å². The fourth-order valence-corrected chi connectivity index (χ4v) is 3.32. The zero-order valence-corrected chi connectivity index (χ0v) is 19.0. The Morgan fingerprint density at radius 2 is 1.86 bits per heavy atom. The molecule has 152 valence electrons. The lowest BCUT2D eigenvalue weighted by Crippen LogP contribution is -2.40. The summed E-state index contributed by atoms with van der Waals surface area (Å²) in [5, 5.41) is 3.49. The van der Waals surface area contributed by atoms with Gasteiger partial charge in [0.05, 0.1) is 19.8 Å². The summed E-state index contributed by atoms with van der Waals surface area (Å²) in [6, 6.07) is 17.0. The second kappa shape index (κ2) is 12.0. The van der Waals surface area contributed by atoms with Crippen LogP contribution in [0.2, 0.25) is 0 Å². The van der Waals surface area contributed by atoms with Gasteiger partial charge in [0.15, 0.2) is 5.96 Å². The Labute approximate surface area is 185 Å². The zero-order valence-electron chi connectivity index (χ0n) is 16.7. The molecule has 1 aliphatic rings. The largest absolute Gasteiger partial charge is 0.379 e. The van der Waals surface area contributed by atoms with Gasteiger partial charge in [-0.25, -0.2) is 0 Å². The van der Waals surface area contributed by atoms with Crippen molar-refractivity contribution >= 4 is 35.6 Å². The van der Waals surface area contributed by atoms with E-state index in [1.807, 2.05) is 14.0 Å². The van der Waals surface area contributed by atoms with Gasteiger partial charge >= 0.3 is 0 Å². The molecule has 28 heavy (non-hydrogen) atoms. The number of rotatable bonds is 8. The molecule has 0 aromatic heterocycles. The van der Waals surface area contributed by atoms with Crippen LogP contribution < -0.4 is 10.2 Å². The molecule has 0 spiro atoms. The summed E-state index contributed by atoms with van der Waals surface area (Å²) in [7, 11) is 1.84. The van der Waals surface area contributed by atoms with Crippen molar-refractivity contribution in [2.75, 3.05) is 38.3 Å². The van der Waals surface area contributed by atoms with Gasteiger partial charge < -0.3 is 19.7 Å². The van der Waals surface area contributed by atoms with Crippen LogP contribution in [0.15, 0.2) is 53.5 Å². The number of ether oxygens (including phenoxy) is 2. The molecule has 0 fully saturated rings. The summed E-state index contributed by atoms with van der Waals surface area (Å²) in [6.07, 6.45) is 1.06. The van der Waals surface area contributed by atoms with Crippen LogP contribution in [0, 0.1) is 0 Å². The minimum absolute atomic E-state index is 0. The maximum atomic E-state index is 5.67. The first-order valence-electron chi connectivity index (χ1n) is 9.61. The van der Waals surface area contributed by atoms with E-state index in [4.69, 9.17) is 9.47 Å². The normalized spacial score (nSPS) is 13.2. The number of para-hydroxylation sites is 1. The summed E-state index contributed by atoms with van der Waals surface area (Å²) >= 11 is 0. The summed E-state index contributed by atoms with van der Waals surface area (Å²) < 4.78 is 11.0. The Morgan fingerprint density at radius 1 is 1.07 bits per heavy atom. The lowest BCUT2D eigenvalue weighted by atomic mass is 10.1. The molecule has 0 amide bonds. The molecule has 0 aliphatic carbocycles. The minimum atomic E-state index is 0. The lowest BCUT2D eigenvalue weighted by molar-refractivity contribution is 0.0453. The highest BCUT2D eigenvalue weighted by Gasteiger charge is 2.22. The highest BCUT2D eigenvalue weighted by Crippen LogP contribution is 2.27. The number of hydrogen-bond donors (Lipinski definition) is 1. The quantitative estimate of drug-likeness (QED) is 0.261. The standard InChI is InChI=1S/C22H29N3O2.HI/c1-3-26-13-14-27-17-19-8-6-7-18(15-19)16-24-22(23-2)25-12-11-20-9-4-5-10-21(20)25;/h4-10,15H,3,11-14,16-17H2,1-2H3,(H,23,24);1H. The monoisotopic (exact) mass is 495 g/mol. The number of nitrogens with one attached hydrogen (secondary N) is 1. The van der Waals surface area contributed by atoms with Gasteiger partial charge in [-0.1, -0.05) is 42.5 Å². The van der Waals surface area contributed by atoms with Crippen molar-refractivity contribution in [1.82, 2.24) is 5.32 Å². The van der Waals surface area contributed by atoms with Gasteiger partial charge in [0.1, 0.15) is 0 Å². The number of nitrogens with zero attached hydrogens (tertiary/aromatic N) is 2. The van der Waals surface area contributed by atoms with Gasteiger partial charge in [-0.2, -0.15) is 0 Å². The average Bonchev–Trinajstić information content (AvgIpc) is 3.13. The first kappa shape index (κ1) is 22.6. The maximum absolute atomic E-state index is 5.67. The van der Waals surface area contributed by atoms with Crippen molar-refractivity contribution in [3.8, 4) is 0 Å². The molecule has 0 saturated carbocycles. The molecule has 0 saturated heterocycles. The van der Waals surface area contributed by atoms with Crippen LogP contribution in [0.3, 0.4) is 0 Å². The number of fused-ring (bicyclic) bond motifs is 1. The number of benzene rings is 2. The van der Waals surface area contributed by atoms with E-state index >= 15 is 0 Å². The van der Waals surface area contributed by atoms with Crippen molar-refractivity contribution in [3.63, 3.8) is 0 Å². The molecular formula is C22H30IN3O2. The molecule has 3 rings (SSSR count). The fourth-order valence-electron chi connectivity index (χ4n) is 3.32. The number of hydrogen-bond acceptors (Lipinski definition) is 3. The third-order valence-electron chi connectivity index (χ3n) is 4.64. The van der Waals surface area contributed by atoms with Crippen molar-refractivity contribution < 1.29 is 9.47 Å². The van der Waals surface area contributed by atoms with E-state index in [1.54, 1.807) is 0 Å². The predicted molar refractivity (Wildman–Crippen MR) is 126 cm³/mol. The minimum Gasteiger partial charge on any atom is -0.379 e. The first-order valence-corrected chi connectivity index (χ1v) is 9.61. The number of aliphatic imine (C=N–C) groups is 1. The van der Waals surface area contributed by atoms with Crippen molar-refractivity contribution in [2.24, 2.45) is 4.99 Å². The van der Waals surface area contributed by atoms with E-state index in [0.29, 0.717) is 19.8 Å². The fraction of sp³-hybridized carbons (Fsp3) is 0.409. The van der Waals surface area contributed by atoms with Crippen LogP contribution >= 0.6 is 24.0 Å². The van der Waals surface area contributed by atoms with Crippen LogP contribution in [0.4, 0.5) is 5.69 Å². The molecule has 0 radical (unpaired) electrons. The van der Waals surface area contributed by atoms with Gasteiger partial charge in [0.25, 0.3) is 0 Å². The molecule has 1 heterocycles. The molecule has 2 aromatic carbocycles. The van der Waals surface area contributed by atoms with Gasteiger partial charge in [-0.3, -0.25) is 4.99 Å².